The van der Waals surface area contributed by atoms with Crippen LogP contribution in [0.4, 0.5) is 0 Å². The Morgan fingerprint density at radius 1 is 0.484 bits per heavy atom. The normalized spacial score (nSPS) is 13.7. The average Bonchev–Trinajstić information content (AvgIpc) is 3.25. The third-order valence-corrected chi connectivity index (χ3v) is 13.2. The molecule has 8 nitrogen and oxygen atoms in total. The van der Waals surface area contributed by atoms with E-state index >= 15 is 0 Å². The van der Waals surface area contributed by atoms with Gasteiger partial charge in [0, 0.05) is 13.0 Å². The molecule has 9 heteroatoms. The van der Waals surface area contributed by atoms with Crippen LogP contribution in [0.5, 0.6) is 0 Å². The minimum atomic E-state index is -4.53. The van der Waals surface area contributed by atoms with Crippen molar-refractivity contribution in [3.05, 3.63) is 24.3 Å². The summed E-state index contributed by atoms with van der Waals surface area (Å²) < 4.78 is 34.8. The van der Waals surface area contributed by atoms with Crippen molar-refractivity contribution in [3.63, 3.8) is 0 Å². The topological polar surface area (TPSA) is 94.1 Å². The highest BCUT2D eigenvalue weighted by atomic mass is 31.2. The lowest BCUT2D eigenvalue weighted by atomic mass is 10.0. The maximum absolute atomic E-state index is 12.8. The number of carbonyl (C=O) groups is 1. The van der Waals surface area contributed by atoms with Gasteiger partial charge in [0.15, 0.2) is 0 Å². The summed E-state index contributed by atoms with van der Waals surface area (Å²) in [6.07, 6.45) is 57.8. The van der Waals surface area contributed by atoms with Crippen LogP contribution in [-0.2, 0) is 27.9 Å². The van der Waals surface area contributed by atoms with Crippen LogP contribution in [0.15, 0.2) is 24.3 Å². The Balaban J connectivity index is 4.05. The first kappa shape index (κ1) is 63.0. The lowest BCUT2D eigenvalue weighted by molar-refractivity contribution is -0.870. The molecule has 0 saturated carbocycles. The lowest BCUT2D eigenvalue weighted by Gasteiger charge is -2.28. The molecule has 2 unspecified atom stereocenters. The van der Waals surface area contributed by atoms with E-state index in [1.54, 1.807) is 0 Å². The van der Waals surface area contributed by atoms with Gasteiger partial charge >= 0.3 is 5.97 Å². The molecule has 0 rings (SSSR count). The number of phosphoric ester groups is 1. The summed E-state index contributed by atoms with van der Waals surface area (Å²) >= 11 is 0. The fourth-order valence-corrected chi connectivity index (χ4v) is 8.72. The number of quaternary nitrogens is 1. The van der Waals surface area contributed by atoms with E-state index < -0.39 is 13.9 Å². The molecule has 0 radical (unpaired) electrons. The quantitative estimate of drug-likeness (QED) is 0.0197. The number of rotatable bonds is 52. The van der Waals surface area contributed by atoms with E-state index in [0.717, 1.165) is 44.9 Å². The van der Waals surface area contributed by atoms with Gasteiger partial charge in [-0.15, -0.1) is 0 Å². The molecule has 0 N–H and O–H groups in total. The highest BCUT2D eigenvalue weighted by Gasteiger charge is 2.20. The zero-order chi connectivity index (χ0) is 46.9. The Labute approximate surface area is 398 Å². The van der Waals surface area contributed by atoms with Gasteiger partial charge in [0.25, 0.3) is 7.82 Å². The van der Waals surface area contributed by atoms with Crippen LogP contribution in [0.2, 0.25) is 0 Å². The van der Waals surface area contributed by atoms with Crippen molar-refractivity contribution >= 4 is 13.8 Å². The van der Waals surface area contributed by atoms with Crippen LogP contribution in [0.3, 0.4) is 0 Å². The first-order valence-corrected chi connectivity index (χ1v) is 29.0. The Hall–Kier alpha value is -1.02. The van der Waals surface area contributed by atoms with E-state index in [1.165, 1.54) is 199 Å². The number of esters is 1. The molecule has 0 amide bonds. The van der Waals surface area contributed by atoms with Crippen molar-refractivity contribution in [1.29, 1.82) is 0 Å². The second-order valence-electron chi connectivity index (χ2n) is 20.0. The molecular formula is C55H108NO7P. The summed E-state index contributed by atoms with van der Waals surface area (Å²) in [6, 6.07) is 0. The lowest BCUT2D eigenvalue weighted by Crippen LogP contribution is -2.37. The number of likely N-dealkylation sites (N-methyl/N-ethyl adjacent to an activating group) is 1. The zero-order valence-electron chi connectivity index (χ0n) is 43.3. The van der Waals surface area contributed by atoms with Gasteiger partial charge in [-0.1, -0.05) is 237 Å². The first-order chi connectivity index (χ1) is 31.1. The standard InChI is InChI=1S/C55H108NO7P/c1-6-8-10-12-14-16-18-20-22-24-26-27-28-29-30-31-33-35-37-39-41-43-45-47-50-60-52-54(53-62-64(58,59)61-51-49-56(3,4)5)63-55(57)48-46-44-42-40-38-36-34-32-25-23-21-19-17-15-13-11-9-7-2/h17,19,23,25,54H,6-16,18,20-22,24,26-53H2,1-5H3/b19-17-,25-23-. The van der Waals surface area contributed by atoms with Crippen molar-refractivity contribution in [3.8, 4) is 0 Å². The monoisotopic (exact) mass is 926 g/mol. The number of phosphoric acid groups is 1. The van der Waals surface area contributed by atoms with E-state index in [-0.39, 0.29) is 25.8 Å². The van der Waals surface area contributed by atoms with E-state index in [1.807, 2.05) is 21.1 Å². The number of hydrogen-bond donors (Lipinski definition) is 0. The third kappa shape index (κ3) is 52.0. The number of unbranched alkanes of at least 4 members (excludes halogenated alkanes) is 34. The maximum atomic E-state index is 12.8. The van der Waals surface area contributed by atoms with Crippen LogP contribution in [0.25, 0.3) is 0 Å². The van der Waals surface area contributed by atoms with E-state index in [4.69, 9.17) is 18.5 Å². The molecule has 0 aliphatic heterocycles. The molecule has 0 aliphatic carbocycles. The van der Waals surface area contributed by atoms with E-state index in [9.17, 15) is 14.3 Å². The smallest absolute Gasteiger partial charge is 0.306 e. The third-order valence-electron chi connectivity index (χ3n) is 12.3. The molecule has 0 spiro atoms. The average molecular weight is 926 g/mol. The van der Waals surface area contributed by atoms with Crippen molar-refractivity contribution in [2.24, 2.45) is 0 Å². The fourth-order valence-electron chi connectivity index (χ4n) is 7.99. The number of allylic oxidation sites excluding steroid dienone is 4. The molecule has 2 atom stereocenters. The summed E-state index contributed by atoms with van der Waals surface area (Å²) in [5, 5.41) is 0. The van der Waals surface area contributed by atoms with E-state index in [0.29, 0.717) is 24.1 Å². The van der Waals surface area contributed by atoms with Gasteiger partial charge in [-0.25, -0.2) is 0 Å². The van der Waals surface area contributed by atoms with Crippen molar-refractivity contribution in [1.82, 2.24) is 0 Å². The highest BCUT2D eigenvalue weighted by Crippen LogP contribution is 2.38. The summed E-state index contributed by atoms with van der Waals surface area (Å²) in [5.74, 6) is -0.336. The van der Waals surface area contributed by atoms with Crippen LogP contribution in [0.1, 0.15) is 264 Å². The largest absolute Gasteiger partial charge is 0.756 e. The molecule has 0 fully saturated rings. The van der Waals surface area contributed by atoms with Gasteiger partial charge in [-0.2, -0.15) is 0 Å². The molecule has 380 valence electrons. The number of ether oxygens (including phenoxy) is 2. The Kier molecular flexibility index (Phi) is 47.7. The molecule has 0 saturated heterocycles. The Morgan fingerprint density at radius 2 is 0.859 bits per heavy atom. The molecule has 0 heterocycles. The van der Waals surface area contributed by atoms with Crippen LogP contribution < -0.4 is 4.89 Å². The van der Waals surface area contributed by atoms with Gasteiger partial charge < -0.3 is 27.9 Å². The molecule has 0 bridgehead atoms. The molecular weight excluding hydrogens is 818 g/mol. The predicted octanol–water partition coefficient (Wildman–Crippen LogP) is 16.5. The predicted molar refractivity (Wildman–Crippen MR) is 273 cm³/mol. The SMILES string of the molecule is CCCCCC/C=C\C/C=C\CCCCCCCCCC(=O)OC(COCCCCCCCCCCCCCCCCCCCCCCCCCC)COP(=O)([O-])OCC[N+](C)(C)C. The van der Waals surface area contributed by atoms with Gasteiger partial charge in [0.1, 0.15) is 19.3 Å². The minimum absolute atomic E-state index is 0.0268. The molecule has 0 aromatic heterocycles. The summed E-state index contributed by atoms with van der Waals surface area (Å²) in [4.78, 5) is 25.2. The van der Waals surface area contributed by atoms with Gasteiger partial charge in [0.05, 0.1) is 34.4 Å². The van der Waals surface area contributed by atoms with Gasteiger partial charge in [-0.05, 0) is 44.9 Å². The highest BCUT2D eigenvalue weighted by molar-refractivity contribution is 7.45. The summed E-state index contributed by atoms with van der Waals surface area (Å²) in [7, 11) is 1.36. The summed E-state index contributed by atoms with van der Waals surface area (Å²) in [5.41, 5.74) is 0. The number of nitrogens with zero attached hydrogens (tertiary/aromatic N) is 1. The van der Waals surface area contributed by atoms with Crippen molar-refractivity contribution in [2.75, 3.05) is 54.1 Å². The van der Waals surface area contributed by atoms with Crippen LogP contribution >= 0.6 is 7.82 Å². The maximum Gasteiger partial charge on any atom is 0.306 e. The Morgan fingerprint density at radius 3 is 1.28 bits per heavy atom. The van der Waals surface area contributed by atoms with Crippen molar-refractivity contribution < 1.29 is 37.3 Å². The molecule has 64 heavy (non-hydrogen) atoms. The fraction of sp³-hybridized carbons (Fsp3) is 0.909. The van der Waals surface area contributed by atoms with Gasteiger partial charge in [0.2, 0.25) is 0 Å². The molecule has 0 aliphatic rings. The minimum Gasteiger partial charge on any atom is -0.756 e. The Bertz CT molecular complexity index is 1080. The number of hydrogen-bond acceptors (Lipinski definition) is 7. The number of carbonyl (C=O) groups excluding carboxylic acids is 1. The summed E-state index contributed by atoms with van der Waals surface area (Å²) in [6.45, 7) is 5.45. The molecule has 0 aromatic rings. The molecule has 0 aromatic carbocycles. The van der Waals surface area contributed by atoms with Crippen molar-refractivity contribution in [2.45, 2.75) is 270 Å². The second-order valence-corrected chi connectivity index (χ2v) is 21.4. The van der Waals surface area contributed by atoms with Gasteiger partial charge in [-0.3, -0.25) is 9.36 Å². The zero-order valence-corrected chi connectivity index (χ0v) is 44.1. The second kappa shape index (κ2) is 48.4. The van der Waals surface area contributed by atoms with E-state index in [2.05, 4.69) is 38.2 Å². The first-order valence-electron chi connectivity index (χ1n) is 27.6. The van der Waals surface area contributed by atoms with Crippen LogP contribution in [-0.4, -0.2) is 70.7 Å². The van der Waals surface area contributed by atoms with Crippen LogP contribution in [0, 0.1) is 0 Å².